The van der Waals surface area contributed by atoms with Crippen molar-refractivity contribution in [3.8, 4) is 0 Å². The lowest BCUT2D eigenvalue weighted by Gasteiger charge is -2.01. The molecule has 0 heterocycles. The van der Waals surface area contributed by atoms with Gasteiger partial charge in [-0.05, 0) is 36.8 Å². The molecule has 1 aromatic rings. The minimum absolute atomic E-state index is 0.218. The van der Waals surface area contributed by atoms with Crippen molar-refractivity contribution in [2.75, 3.05) is 12.4 Å². The molecule has 0 saturated heterocycles. The van der Waals surface area contributed by atoms with E-state index < -0.39 is 11.6 Å². The summed E-state index contributed by atoms with van der Waals surface area (Å²) in [5.74, 6) is -0.736. The summed E-state index contributed by atoms with van der Waals surface area (Å²) >= 11 is 1.51. The molecular weight excluding hydrogens is 218 g/mol. The first kappa shape index (κ1) is 12.5. The molecule has 1 nitrogen and oxygen atoms in total. The molecule has 0 bridgehead atoms. The monoisotopic (exact) mass is 232 g/mol. The summed E-state index contributed by atoms with van der Waals surface area (Å²) in [5.41, 5.74) is 0. The molecule has 0 atom stereocenters. The fourth-order valence-electron chi connectivity index (χ4n) is 1.15. The maximum atomic E-state index is 12.8. The van der Waals surface area contributed by atoms with Gasteiger partial charge in [-0.15, -0.1) is 11.8 Å². The van der Waals surface area contributed by atoms with Crippen LogP contribution in [0.5, 0.6) is 0 Å². The Morgan fingerprint density at radius 1 is 1.07 bits per heavy atom. The number of hydrogen-bond acceptors (Lipinski definition) is 2. The van der Waals surface area contributed by atoms with Gasteiger partial charge in [0.25, 0.3) is 0 Å². The Labute approximate surface area is 92.5 Å². The highest BCUT2D eigenvalue weighted by Gasteiger charge is 2.02. The van der Waals surface area contributed by atoms with Gasteiger partial charge in [0.05, 0.1) is 0 Å². The minimum Gasteiger partial charge on any atom is -0.396 e. The fraction of sp³-hybridized carbons (Fsp3) is 0.455. The average Bonchev–Trinajstić information content (AvgIpc) is 2.23. The summed E-state index contributed by atoms with van der Waals surface area (Å²) in [6.07, 6.45) is 2.75. The quantitative estimate of drug-likeness (QED) is 0.600. The third-order valence-corrected chi connectivity index (χ3v) is 3.04. The molecule has 0 aliphatic rings. The van der Waals surface area contributed by atoms with E-state index >= 15 is 0 Å². The van der Waals surface area contributed by atoms with Gasteiger partial charge >= 0.3 is 0 Å². The van der Waals surface area contributed by atoms with Gasteiger partial charge in [0.1, 0.15) is 0 Å². The van der Waals surface area contributed by atoms with Crippen LogP contribution < -0.4 is 0 Å². The molecule has 0 amide bonds. The molecule has 1 N–H and O–H groups in total. The van der Waals surface area contributed by atoms with Crippen LogP contribution >= 0.6 is 11.8 Å². The van der Waals surface area contributed by atoms with Crippen molar-refractivity contribution in [2.45, 2.75) is 24.2 Å². The van der Waals surface area contributed by atoms with E-state index in [1.54, 1.807) is 6.07 Å². The third kappa shape index (κ3) is 4.62. The Balaban J connectivity index is 2.28. The van der Waals surface area contributed by atoms with Gasteiger partial charge in [-0.2, -0.15) is 0 Å². The number of hydrogen-bond donors (Lipinski definition) is 1. The zero-order valence-corrected chi connectivity index (χ0v) is 9.20. The normalized spacial score (nSPS) is 10.6. The van der Waals surface area contributed by atoms with E-state index in [2.05, 4.69) is 0 Å². The molecule has 0 radical (unpaired) electrons. The number of unbranched alkanes of at least 4 members (excludes halogenated alkanes) is 2. The molecule has 0 aromatic heterocycles. The van der Waals surface area contributed by atoms with E-state index in [1.165, 1.54) is 17.8 Å². The van der Waals surface area contributed by atoms with Crippen LogP contribution in [-0.2, 0) is 0 Å². The number of halogens is 2. The standard InChI is InChI=1S/C11H14F2OS/c12-10-5-4-9(8-11(10)13)15-7-3-1-2-6-14/h4-5,8,14H,1-3,6-7H2. The Kier molecular flexibility index (Phi) is 5.65. The first-order valence-electron chi connectivity index (χ1n) is 4.93. The van der Waals surface area contributed by atoms with Crippen LogP contribution in [0.3, 0.4) is 0 Å². The Bertz CT molecular complexity index is 305. The van der Waals surface area contributed by atoms with Crippen LogP contribution in [0, 0.1) is 11.6 Å². The molecule has 4 heteroatoms. The van der Waals surface area contributed by atoms with E-state index in [-0.39, 0.29) is 6.61 Å². The highest BCUT2D eigenvalue weighted by atomic mass is 32.2. The molecule has 0 fully saturated rings. The van der Waals surface area contributed by atoms with Gasteiger partial charge in [0.15, 0.2) is 11.6 Å². The predicted molar refractivity (Wildman–Crippen MR) is 58.0 cm³/mol. The van der Waals surface area contributed by atoms with Crippen molar-refractivity contribution >= 4 is 11.8 Å². The first-order chi connectivity index (χ1) is 7.24. The van der Waals surface area contributed by atoms with Gasteiger partial charge in [-0.3, -0.25) is 0 Å². The number of aliphatic hydroxyl groups is 1. The summed E-state index contributed by atoms with van der Waals surface area (Å²) in [6.45, 7) is 0.218. The van der Waals surface area contributed by atoms with Crippen LogP contribution in [0.25, 0.3) is 0 Å². The highest BCUT2D eigenvalue weighted by Crippen LogP contribution is 2.21. The lowest BCUT2D eigenvalue weighted by molar-refractivity contribution is 0.284. The van der Waals surface area contributed by atoms with E-state index in [4.69, 9.17) is 5.11 Å². The van der Waals surface area contributed by atoms with E-state index in [0.29, 0.717) is 0 Å². The van der Waals surface area contributed by atoms with Crippen molar-refractivity contribution in [1.29, 1.82) is 0 Å². The molecule has 1 rings (SSSR count). The summed E-state index contributed by atoms with van der Waals surface area (Å²) in [7, 11) is 0. The van der Waals surface area contributed by atoms with E-state index in [9.17, 15) is 8.78 Å². The average molecular weight is 232 g/mol. The maximum Gasteiger partial charge on any atom is 0.159 e. The lowest BCUT2D eigenvalue weighted by Crippen LogP contribution is -1.87. The lowest BCUT2D eigenvalue weighted by atomic mass is 10.3. The van der Waals surface area contributed by atoms with Crippen molar-refractivity contribution < 1.29 is 13.9 Å². The third-order valence-electron chi connectivity index (χ3n) is 1.96. The minimum atomic E-state index is -0.806. The highest BCUT2D eigenvalue weighted by molar-refractivity contribution is 7.99. The van der Waals surface area contributed by atoms with Gasteiger partial charge in [0.2, 0.25) is 0 Å². The molecule has 1 aromatic carbocycles. The number of thioether (sulfide) groups is 1. The van der Waals surface area contributed by atoms with Gasteiger partial charge < -0.3 is 5.11 Å². The molecule has 0 spiro atoms. The SMILES string of the molecule is OCCCCCSc1ccc(F)c(F)c1. The first-order valence-corrected chi connectivity index (χ1v) is 5.91. The summed E-state index contributed by atoms with van der Waals surface area (Å²) < 4.78 is 25.4. The predicted octanol–water partition coefficient (Wildman–Crippen LogP) is 3.22. The van der Waals surface area contributed by atoms with Crippen LogP contribution in [-0.4, -0.2) is 17.5 Å². The van der Waals surface area contributed by atoms with Crippen molar-refractivity contribution in [2.24, 2.45) is 0 Å². The van der Waals surface area contributed by atoms with Crippen LogP contribution in [0.4, 0.5) is 8.78 Å². The second-order valence-electron chi connectivity index (χ2n) is 3.21. The largest absolute Gasteiger partial charge is 0.396 e. The number of benzene rings is 1. The number of rotatable bonds is 6. The van der Waals surface area contributed by atoms with E-state index in [0.717, 1.165) is 36.0 Å². The van der Waals surface area contributed by atoms with Gasteiger partial charge in [-0.25, -0.2) is 8.78 Å². The molecule has 15 heavy (non-hydrogen) atoms. The second-order valence-corrected chi connectivity index (χ2v) is 4.38. The molecular formula is C11H14F2OS. The Morgan fingerprint density at radius 3 is 2.53 bits per heavy atom. The van der Waals surface area contributed by atoms with Crippen molar-refractivity contribution in [3.05, 3.63) is 29.8 Å². The molecule has 84 valence electrons. The van der Waals surface area contributed by atoms with Crippen LogP contribution in [0.2, 0.25) is 0 Å². The zero-order valence-electron chi connectivity index (χ0n) is 8.38. The summed E-state index contributed by atoms with van der Waals surface area (Å²) in [5, 5.41) is 8.55. The van der Waals surface area contributed by atoms with Crippen LogP contribution in [0.15, 0.2) is 23.1 Å². The topological polar surface area (TPSA) is 20.2 Å². The molecule has 0 unspecified atom stereocenters. The molecule has 0 aliphatic carbocycles. The fourth-order valence-corrected chi connectivity index (χ4v) is 2.08. The van der Waals surface area contributed by atoms with Gasteiger partial charge in [0, 0.05) is 11.5 Å². The van der Waals surface area contributed by atoms with Crippen molar-refractivity contribution in [3.63, 3.8) is 0 Å². The maximum absolute atomic E-state index is 12.8. The van der Waals surface area contributed by atoms with E-state index in [1.807, 2.05) is 0 Å². The summed E-state index contributed by atoms with van der Waals surface area (Å²) in [6, 6.07) is 3.94. The van der Waals surface area contributed by atoms with Crippen LogP contribution in [0.1, 0.15) is 19.3 Å². The molecule has 0 aliphatic heterocycles. The smallest absolute Gasteiger partial charge is 0.159 e. The number of aliphatic hydroxyl groups excluding tert-OH is 1. The Morgan fingerprint density at radius 2 is 1.87 bits per heavy atom. The Hall–Kier alpha value is -0.610. The summed E-state index contributed by atoms with van der Waals surface area (Å²) in [4.78, 5) is 0.748. The van der Waals surface area contributed by atoms with Crippen molar-refractivity contribution in [1.82, 2.24) is 0 Å². The second kappa shape index (κ2) is 6.80. The molecule has 0 saturated carbocycles. The zero-order chi connectivity index (χ0) is 11.1. The van der Waals surface area contributed by atoms with Gasteiger partial charge in [-0.1, -0.05) is 6.42 Å².